The quantitative estimate of drug-likeness (QED) is 0.909. The molecule has 3 rings (SSSR count). The molecule has 1 unspecified atom stereocenters. The molecule has 0 saturated carbocycles. The fourth-order valence-electron chi connectivity index (χ4n) is 3.60. The number of hydrogen-bond acceptors (Lipinski definition) is 4. The highest BCUT2D eigenvalue weighted by molar-refractivity contribution is 7.91. The molecule has 0 aromatic heterocycles. The largest absolute Gasteiger partial charge is 0.305 e. The van der Waals surface area contributed by atoms with E-state index in [1.54, 1.807) is 4.90 Å². The Hall–Kier alpha value is -1.40. The van der Waals surface area contributed by atoms with Crippen molar-refractivity contribution in [3.05, 3.63) is 29.8 Å². The van der Waals surface area contributed by atoms with Crippen molar-refractivity contribution in [1.29, 1.82) is 0 Å². The van der Waals surface area contributed by atoms with Gasteiger partial charge < -0.3 is 4.90 Å². The number of nitrogens with one attached hydrogen (secondary N) is 1. The lowest BCUT2D eigenvalue weighted by Crippen LogP contribution is -2.66. The van der Waals surface area contributed by atoms with E-state index in [4.69, 9.17) is 0 Å². The number of hydrogen-bond donors (Lipinski definition) is 1. The number of aryl methyl sites for hydroxylation is 1. The van der Waals surface area contributed by atoms with E-state index in [9.17, 15) is 13.2 Å². The summed E-state index contributed by atoms with van der Waals surface area (Å²) < 4.78 is 24.2. The molecular weight excluding hydrogens is 312 g/mol. The molecule has 1 amide bonds. The second-order valence-corrected chi connectivity index (χ2v) is 8.98. The van der Waals surface area contributed by atoms with Gasteiger partial charge in [-0.25, -0.2) is 8.42 Å². The van der Waals surface area contributed by atoms with Gasteiger partial charge in [-0.3, -0.25) is 10.1 Å². The lowest BCUT2D eigenvalue weighted by atomic mass is 9.91. The predicted octanol–water partition coefficient (Wildman–Crippen LogP) is 1.51. The highest BCUT2D eigenvalue weighted by Gasteiger charge is 2.50. The van der Waals surface area contributed by atoms with Gasteiger partial charge in [0.1, 0.15) is 0 Å². The average Bonchev–Trinajstić information content (AvgIpc) is 2.79. The maximum Gasteiger partial charge on any atom is 0.244 e. The fraction of sp³-hybridized carbons (Fsp3) is 0.588. The third kappa shape index (κ3) is 3.02. The molecule has 2 fully saturated rings. The predicted molar refractivity (Wildman–Crippen MR) is 91.3 cm³/mol. The van der Waals surface area contributed by atoms with Crippen molar-refractivity contribution >= 4 is 21.4 Å². The molecule has 1 aromatic carbocycles. The lowest BCUT2D eigenvalue weighted by molar-refractivity contribution is -0.124. The zero-order chi connectivity index (χ0) is 16.8. The monoisotopic (exact) mass is 336 g/mol. The molecule has 2 aliphatic heterocycles. The Morgan fingerprint density at radius 3 is 2.74 bits per heavy atom. The molecule has 0 spiro atoms. The number of fused-ring (bicyclic) bond motifs is 1. The second kappa shape index (κ2) is 5.91. The van der Waals surface area contributed by atoms with Gasteiger partial charge in [-0.1, -0.05) is 32.4 Å². The normalized spacial score (nSPS) is 31.0. The van der Waals surface area contributed by atoms with Crippen LogP contribution in [-0.2, 0) is 14.6 Å². The van der Waals surface area contributed by atoms with Crippen LogP contribution in [0.4, 0.5) is 5.69 Å². The third-order valence-corrected chi connectivity index (χ3v) is 6.76. The number of amides is 1. The van der Waals surface area contributed by atoms with Crippen LogP contribution in [0.2, 0.25) is 0 Å². The van der Waals surface area contributed by atoms with Gasteiger partial charge in [-0.05, 0) is 30.5 Å². The molecule has 126 valence electrons. The molecule has 1 N–H and O–H groups in total. The van der Waals surface area contributed by atoms with Gasteiger partial charge in [0.05, 0.1) is 23.6 Å². The second-order valence-electron chi connectivity index (χ2n) is 6.83. The van der Waals surface area contributed by atoms with E-state index in [2.05, 4.69) is 5.32 Å². The Kier molecular flexibility index (Phi) is 4.23. The van der Waals surface area contributed by atoms with E-state index < -0.39 is 9.84 Å². The van der Waals surface area contributed by atoms with Crippen molar-refractivity contribution in [2.45, 2.75) is 45.3 Å². The minimum absolute atomic E-state index is 0.0108. The highest BCUT2D eigenvalue weighted by atomic mass is 32.2. The minimum Gasteiger partial charge on any atom is -0.305 e. The first-order valence-corrected chi connectivity index (χ1v) is 10.0. The van der Waals surface area contributed by atoms with Crippen LogP contribution >= 0.6 is 0 Å². The number of carbonyl (C=O) groups is 1. The first kappa shape index (κ1) is 16.5. The van der Waals surface area contributed by atoms with Gasteiger partial charge in [0.2, 0.25) is 5.91 Å². The molecule has 4 atom stereocenters. The van der Waals surface area contributed by atoms with Gasteiger partial charge in [-0.15, -0.1) is 0 Å². The summed E-state index contributed by atoms with van der Waals surface area (Å²) in [5, 5.41) is 3.32. The van der Waals surface area contributed by atoms with Crippen LogP contribution in [0.25, 0.3) is 0 Å². The number of benzene rings is 1. The summed E-state index contributed by atoms with van der Waals surface area (Å²) in [4.78, 5) is 14.8. The highest BCUT2D eigenvalue weighted by Crippen LogP contribution is 2.31. The summed E-state index contributed by atoms with van der Waals surface area (Å²) in [6, 6.07) is 6.93. The average molecular weight is 336 g/mol. The van der Waals surface area contributed by atoms with Crippen molar-refractivity contribution in [2.24, 2.45) is 5.92 Å². The van der Waals surface area contributed by atoms with Crippen LogP contribution < -0.4 is 10.2 Å². The Morgan fingerprint density at radius 2 is 2.09 bits per heavy atom. The summed E-state index contributed by atoms with van der Waals surface area (Å²) >= 11 is 0. The third-order valence-electron chi connectivity index (χ3n) is 5.04. The van der Waals surface area contributed by atoms with E-state index in [1.165, 1.54) is 0 Å². The van der Waals surface area contributed by atoms with Crippen LogP contribution in [0, 0.1) is 12.8 Å². The lowest BCUT2D eigenvalue weighted by Gasteiger charge is -2.43. The van der Waals surface area contributed by atoms with Gasteiger partial charge in [0, 0.05) is 11.7 Å². The number of nitrogens with zero attached hydrogens (tertiary/aromatic N) is 1. The number of piperazine rings is 1. The maximum absolute atomic E-state index is 13.1. The van der Waals surface area contributed by atoms with Crippen molar-refractivity contribution in [3.63, 3.8) is 0 Å². The number of anilines is 1. The Morgan fingerprint density at radius 1 is 1.35 bits per heavy atom. The minimum atomic E-state index is -3.12. The molecular formula is C17H24N2O3S. The van der Waals surface area contributed by atoms with Crippen molar-refractivity contribution < 1.29 is 13.2 Å². The van der Waals surface area contributed by atoms with Gasteiger partial charge in [-0.2, -0.15) is 0 Å². The maximum atomic E-state index is 13.1. The van der Waals surface area contributed by atoms with E-state index in [0.29, 0.717) is 0 Å². The van der Waals surface area contributed by atoms with E-state index in [-0.39, 0.29) is 41.5 Å². The van der Waals surface area contributed by atoms with Crippen LogP contribution in [-0.4, -0.2) is 44.0 Å². The topological polar surface area (TPSA) is 66.5 Å². The van der Waals surface area contributed by atoms with E-state index in [1.807, 2.05) is 45.0 Å². The zero-order valence-corrected chi connectivity index (χ0v) is 14.6. The number of sulfone groups is 1. The molecule has 5 nitrogen and oxygen atoms in total. The molecule has 0 aliphatic carbocycles. The molecule has 2 aliphatic rings. The first-order chi connectivity index (χ1) is 10.8. The summed E-state index contributed by atoms with van der Waals surface area (Å²) in [5.74, 6) is 0.306. The van der Waals surface area contributed by atoms with Gasteiger partial charge >= 0.3 is 0 Å². The number of rotatable bonds is 3. The Labute approximate surface area is 138 Å². The molecule has 2 heterocycles. The molecule has 23 heavy (non-hydrogen) atoms. The molecule has 0 radical (unpaired) electrons. The molecule has 6 heteroatoms. The van der Waals surface area contributed by atoms with Crippen molar-refractivity contribution in [3.8, 4) is 0 Å². The zero-order valence-electron chi connectivity index (χ0n) is 13.8. The summed E-state index contributed by atoms with van der Waals surface area (Å²) in [5.41, 5.74) is 1.86. The molecule has 0 bridgehead atoms. The summed E-state index contributed by atoms with van der Waals surface area (Å²) in [6.45, 7) is 6.06. The van der Waals surface area contributed by atoms with Crippen LogP contribution in [0.1, 0.15) is 25.8 Å². The van der Waals surface area contributed by atoms with Gasteiger partial charge in [0.25, 0.3) is 0 Å². The van der Waals surface area contributed by atoms with E-state index in [0.717, 1.165) is 17.7 Å². The SMILES string of the molecule is CCC(C)[C@@H]1N[C@@H]2CS(=O)(=O)C[C@@H]2N(c2cccc(C)c2)C1=O. The summed E-state index contributed by atoms with van der Waals surface area (Å²) in [7, 11) is -3.12. The van der Waals surface area contributed by atoms with Crippen LogP contribution in [0.15, 0.2) is 24.3 Å². The Bertz CT molecular complexity index is 716. The molecule has 2 saturated heterocycles. The fourth-order valence-corrected chi connectivity index (χ4v) is 5.50. The standard InChI is InChI=1S/C17H24N2O3S/c1-4-12(3)16-17(20)19(13-7-5-6-11(2)8-13)15-10-23(21,22)9-14(15)18-16/h5-8,12,14-16,18H,4,9-10H2,1-3H3/t12?,14-,15+,16+/m1/s1. The smallest absolute Gasteiger partial charge is 0.244 e. The number of carbonyl (C=O) groups excluding carboxylic acids is 1. The van der Waals surface area contributed by atoms with Crippen molar-refractivity contribution in [1.82, 2.24) is 5.32 Å². The van der Waals surface area contributed by atoms with Crippen molar-refractivity contribution in [2.75, 3.05) is 16.4 Å². The van der Waals surface area contributed by atoms with Crippen LogP contribution in [0.3, 0.4) is 0 Å². The first-order valence-electron chi connectivity index (χ1n) is 8.18. The van der Waals surface area contributed by atoms with Gasteiger partial charge in [0.15, 0.2) is 9.84 Å². The van der Waals surface area contributed by atoms with Crippen LogP contribution in [0.5, 0.6) is 0 Å². The summed E-state index contributed by atoms with van der Waals surface area (Å²) in [6.07, 6.45) is 0.870. The Balaban J connectivity index is 2.03. The van der Waals surface area contributed by atoms with E-state index >= 15 is 0 Å². The molecule has 1 aromatic rings.